The van der Waals surface area contributed by atoms with Crippen LogP contribution in [0.3, 0.4) is 0 Å². The minimum absolute atomic E-state index is 0.0793. The summed E-state index contributed by atoms with van der Waals surface area (Å²) in [4.78, 5) is 15.1. The van der Waals surface area contributed by atoms with Crippen LogP contribution in [-0.2, 0) is 4.79 Å². The van der Waals surface area contributed by atoms with Crippen molar-refractivity contribution in [1.29, 1.82) is 0 Å². The molecule has 3 nitrogen and oxygen atoms in total. The number of hydrogen-bond donors (Lipinski definition) is 1. The third-order valence-electron chi connectivity index (χ3n) is 5.52. The number of carbonyl (C=O) groups is 1. The molecule has 1 N–H and O–H groups in total. The van der Waals surface area contributed by atoms with Crippen molar-refractivity contribution < 1.29 is 4.79 Å². The summed E-state index contributed by atoms with van der Waals surface area (Å²) >= 11 is 2.07. The molecule has 1 amide bonds. The van der Waals surface area contributed by atoms with Gasteiger partial charge >= 0.3 is 0 Å². The molecule has 3 atom stereocenters. The fourth-order valence-electron chi connectivity index (χ4n) is 4.36. The van der Waals surface area contributed by atoms with Crippen molar-refractivity contribution in [2.45, 2.75) is 82.2 Å². The molecule has 0 aromatic heterocycles. The van der Waals surface area contributed by atoms with Crippen LogP contribution in [-0.4, -0.2) is 40.1 Å². The van der Waals surface area contributed by atoms with Crippen LogP contribution >= 0.6 is 11.8 Å². The lowest BCUT2D eigenvalue weighted by Crippen LogP contribution is -2.47. The fourth-order valence-corrected chi connectivity index (χ4v) is 5.66. The largest absolute Gasteiger partial charge is 0.324 e. The molecule has 120 valence electrons. The van der Waals surface area contributed by atoms with Crippen molar-refractivity contribution in [2.24, 2.45) is 5.92 Å². The quantitative estimate of drug-likeness (QED) is 0.845. The van der Waals surface area contributed by atoms with Gasteiger partial charge in [-0.25, -0.2) is 0 Å². The molecule has 1 saturated carbocycles. The summed E-state index contributed by atoms with van der Waals surface area (Å²) in [5.74, 6) is 2.33. The molecule has 3 fully saturated rings. The summed E-state index contributed by atoms with van der Waals surface area (Å²) in [6.45, 7) is 5.48. The molecule has 0 aromatic rings. The van der Waals surface area contributed by atoms with Crippen LogP contribution < -0.4 is 5.32 Å². The highest BCUT2D eigenvalue weighted by molar-refractivity contribution is 8.00. The molecule has 21 heavy (non-hydrogen) atoms. The molecule has 1 aliphatic carbocycles. The number of nitrogens with one attached hydrogen (secondary N) is 1. The smallest absolute Gasteiger partial charge is 0.241 e. The van der Waals surface area contributed by atoms with Gasteiger partial charge in [0.25, 0.3) is 0 Å². The first kappa shape index (κ1) is 15.7. The van der Waals surface area contributed by atoms with Gasteiger partial charge < -0.3 is 4.90 Å². The Bertz CT molecular complexity index is 375. The Morgan fingerprint density at radius 2 is 2.10 bits per heavy atom. The highest BCUT2D eigenvalue weighted by atomic mass is 32.2. The van der Waals surface area contributed by atoms with Gasteiger partial charge in [0.1, 0.15) is 0 Å². The average molecular weight is 311 g/mol. The number of nitrogens with zero attached hydrogens (tertiary/aromatic N) is 1. The zero-order valence-electron chi connectivity index (χ0n) is 13.6. The Labute approximate surface area is 133 Å². The number of amides is 1. The van der Waals surface area contributed by atoms with E-state index in [1.807, 2.05) is 0 Å². The SMILES string of the molecule is CCCC1NC(C2CCCC2)N(CC2(C)CCCS2)C1=O. The van der Waals surface area contributed by atoms with E-state index in [9.17, 15) is 4.79 Å². The van der Waals surface area contributed by atoms with Crippen LogP contribution in [0.4, 0.5) is 0 Å². The van der Waals surface area contributed by atoms with Crippen LogP contribution in [0.15, 0.2) is 0 Å². The summed E-state index contributed by atoms with van der Waals surface area (Å²) in [5.41, 5.74) is 0. The van der Waals surface area contributed by atoms with E-state index in [-0.39, 0.29) is 10.8 Å². The van der Waals surface area contributed by atoms with Gasteiger partial charge in [-0.3, -0.25) is 10.1 Å². The van der Waals surface area contributed by atoms with Gasteiger partial charge in [0, 0.05) is 11.3 Å². The molecule has 2 saturated heterocycles. The Morgan fingerprint density at radius 3 is 2.71 bits per heavy atom. The van der Waals surface area contributed by atoms with Gasteiger partial charge in [-0.05, 0) is 50.7 Å². The van der Waals surface area contributed by atoms with Gasteiger partial charge in [0.05, 0.1) is 12.2 Å². The molecule has 0 aromatic carbocycles. The first-order valence-corrected chi connectivity index (χ1v) is 9.82. The lowest BCUT2D eigenvalue weighted by Gasteiger charge is -2.35. The lowest BCUT2D eigenvalue weighted by molar-refractivity contribution is -0.131. The van der Waals surface area contributed by atoms with Crippen LogP contribution in [0.1, 0.15) is 65.2 Å². The second-order valence-electron chi connectivity index (χ2n) is 7.37. The van der Waals surface area contributed by atoms with E-state index >= 15 is 0 Å². The van der Waals surface area contributed by atoms with Gasteiger partial charge in [0.15, 0.2) is 0 Å². The highest BCUT2D eigenvalue weighted by Crippen LogP contribution is 2.41. The predicted octanol–water partition coefficient (Wildman–Crippen LogP) is 3.39. The Morgan fingerprint density at radius 1 is 1.33 bits per heavy atom. The molecular formula is C17H30N2OS. The molecule has 2 aliphatic heterocycles. The van der Waals surface area contributed by atoms with Crippen molar-refractivity contribution in [3.63, 3.8) is 0 Å². The van der Waals surface area contributed by atoms with Crippen molar-refractivity contribution in [1.82, 2.24) is 10.2 Å². The minimum Gasteiger partial charge on any atom is -0.324 e. The lowest BCUT2D eigenvalue weighted by atomic mass is 10.0. The Kier molecular flexibility index (Phi) is 4.84. The fraction of sp³-hybridized carbons (Fsp3) is 0.941. The number of thioether (sulfide) groups is 1. The summed E-state index contributed by atoms with van der Waals surface area (Å²) in [6.07, 6.45) is 10.2. The topological polar surface area (TPSA) is 32.3 Å². The van der Waals surface area contributed by atoms with Crippen LogP contribution in [0.5, 0.6) is 0 Å². The third kappa shape index (κ3) is 3.26. The molecule has 0 spiro atoms. The number of carbonyl (C=O) groups excluding carboxylic acids is 1. The number of hydrogen-bond acceptors (Lipinski definition) is 3. The van der Waals surface area contributed by atoms with Crippen molar-refractivity contribution in [3.05, 3.63) is 0 Å². The van der Waals surface area contributed by atoms with E-state index in [0.717, 1.165) is 19.4 Å². The van der Waals surface area contributed by atoms with E-state index in [2.05, 4.69) is 35.8 Å². The second kappa shape index (κ2) is 6.49. The van der Waals surface area contributed by atoms with E-state index in [0.29, 0.717) is 18.0 Å². The standard InChI is InChI=1S/C17H30N2OS/c1-3-7-14-16(20)19(12-17(2)10-6-11-21-17)15(18-14)13-8-4-5-9-13/h13-15,18H,3-12H2,1-2H3. The summed E-state index contributed by atoms with van der Waals surface area (Å²) in [5, 5.41) is 3.69. The zero-order valence-corrected chi connectivity index (χ0v) is 14.4. The highest BCUT2D eigenvalue weighted by Gasteiger charge is 2.45. The predicted molar refractivity (Wildman–Crippen MR) is 89.4 cm³/mol. The Balaban J connectivity index is 1.73. The maximum atomic E-state index is 12.8. The van der Waals surface area contributed by atoms with Crippen LogP contribution in [0.25, 0.3) is 0 Å². The molecule has 4 heteroatoms. The normalized spacial score (nSPS) is 37.8. The molecule has 3 unspecified atom stereocenters. The van der Waals surface area contributed by atoms with E-state index < -0.39 is 0 Å². The molecule has 3 rings (SSSR count). The van der Waals surface area contributed by atoms with Crippen LogP contribution in [0, 0.1) is 5.92 Å². The van der Waals surface area contributed by atoms with E-state index in [1.165, 1.54) is 44.3 Å². The number of rotatable bonds is 5. The molecule has 0 bridgehead atoms. The monoisotopic (exact) mass is 310 g/mol. The van der Waals surface area contributed by atoms with Gasteiger partial charge in [0.2, 0.25) is 5.91 Å². The zero-order chi connectivity index (χ0) is 14.9. The first-order chi connectivity index (χ1) is 10.1. The van der Waals surface area contributed by atoms with E-state index in [1.54, 1.807) is 0 Å². The first-order valence-electron chi connectivity index (χ1n) is 8.83. The second-order valence-corrected chi connectivity index (χ2v) is 9.05. The average Bonchev–Trinajstić information content (AvgIpc) is 3.17. The van der Waals surface area contributed by atoms with Crippen molar-refractivity contribution >= 4 is 17.7 Å². The van der Waals surface area contributed by atoms with Crippen molar-refractivity contribution in [3.8, 4) is 0 Å². The van der Waals surface area contributed by atoms with Gasteiger partial charge in [-0.2, -0.15) is 11.8 Å². The summed E-state index contributed by atoms with van der Waals surface area (Å²) in [7, 11) is 0. The van der Waals surface area contributed by atoms with Gasteiger partial charge in [-0.1, -0.05) is 26.2 Å². The Hall–Kier alpha value is -0.220. The maximum absolute atomic E-state index is 12.8. The molecule has 0 radical (unpaired) electrons. The molecule has 2 heterocycles. The molecule has 3 aliphatic rings. The molecular weight excluding hydrogens is 280 g/mol. The van der Waals surface area contributed by atoms with Crippen molar-refractivity contribution in [2.75, 3.05) is 12.3 Å². The summed E-state index contributed by atoms with van der Waals surface area (Å²) in [6, 6.07) is 0.0793. The van der Waals surface area contributed by atoms with E-state index in [4.69, 9.17) is 0 Å². The van der Waals surface area contributed by atoms with Gasteiger partial charge in [-0.15, -0.1) is 0 Å². The van der Waals surface area contributed by atoms with Crippen LogP contribution in [0.2, 0.25) is 0 Å². The minimum atomic E-state index is 0.0793. The summed E-state index contributed by atoms with van der Waals surface area (Å²) < 4.78 is 0.287. The maximum Gasteiger partial charge on any atom is 0.241 e. The third-order valence-corrected chi connectivity index (χ3v) is 7.04.